The van der Waals surface area contributed by atoms with Crippen LogP contribution in [0, 0.1) is 17.8 Å². The molecule has 1 amide bonds. The molecule has 2 aliphatic carbocycles. The Balaban J connectivity index is 1.33. The second-order valence-electron chi connectivity index (χ2n) is 6.92. The number of nitrogens with one attached hydrogen (secondary N) is 1. The molecular weight excluding hydrogens is 306 g/mol. The van der Waals surface area contributed by atoms with Gasteiger partial charge in [0.1, 0.15) is 5.75 Å². The van der Waals surface area contributed by atoms with Crippen LogP contribution in [-0.2, 0) is 20.9 Å². The fraction of sp³-hybridized carbons (Fsp3) is 0.579. The van der Waals surface area contributed by atoms with Gasteiger partial charge in [-0.2, -0.15) is 0 Å². The van der Waals surface area contributed by atoms with Crippen molar-refractivity contribution in [1.82, 2.24) is 5.32 Å². The molecule has 2 aliphatic rings. The number of carbonyl (C=O) groups excluding carboxylic acids is 2. The first kappa shape index (κ1) is 16.8. The largest absolute Gasteiger partial charge is 0.497 e. The molecule has 0 heterocycles. The smallest absolute Gasteiger partial charge is 0.306 e. The molecular formula is C19H25NO4. The van der Waals surface area contributed by atoms with Crippen LogP contribution in [0.5, 0.6) is 5.75 Å². The Labute approximate surface area is 142 Å². The predicted molar refractivity (Wildman–Crippen MR) is 89.4 cm³/mol. The number of carbonyl (C=O) groups is 2. The molecule has 5 heteroatoms. The fourth-order valence-electron chi connectivity index (χ4n) is 4.04. The van der Waals surface area contributed by atoms with E-state index in [1.54, 1.807) is 7.11 Å². The monoisotopic (exact) mass is 331 g/mol. The minimum absolute atomic E-state index is 0.199. The lowest BCUT2D eigenvalue weighted by molar-refractivity contribution is -0.149. The van der Waals surface area contributed by atoms with Crippen molar-refractivity contribution in [3.8, 4) is 5.75 Å². The molecule has 0 spiro atoms. The minimum Gasteiger partial charge on any atom is -0.497 e. The number of fused-ring (bicyclic) bond motifs is 2. The standard InChI is InChI=1S/C19H25NO4/c1-23-17-6-3-13(4-7-17)11-20-18(21)12-24-19(22)10-16-9-14-2-5-15(16)8-14/h3-4,6-7,14-16H,2,5,8-12H2,1H3,(H,20,21)/t14-,15+,16+/m0/s1. The highest BCUT2D eigenvalue weighted by Gasteiger charge is 2.40. The lowest BCUT2D eigenvalue weighted by atomic mass is 9.86. The highest BCUT2D eigenvalue weighted by molar-refractivity contribution is 5.80. The molecule has 2 bridgehead atoms. The summed E-state index contributed by atoms with van der Waals surface area (Å²) >= 11 is 0. The van der Waals surface area contributed by atoms with Gasteiger partial charge in [-0.3, -0.25) is 9.59 Å². The maximum atomic E-state index is 11.9. The van der Waals surface area contributed by atoms with Gasteiger partial charge in [-0.15, -0.1) is 0 Å². The Morgan fingerprint density at radius 2 is 1.96 bits per heavy atom. The van der Waals surface area contributed by atoms with Crippen molar-refractivity contribution in [3.63, 3.8) is 0 Å². The van der Waals surface area contributed by atoms with Crippen LogP contribution in [0.1, 0.15) is 37.7 Å². The van der Waals surface area contributed by atoms with Crippen LogP contribution in [-0.4, -0.2) is 25.6 Å². The van der Waals surface area contributed by atoms with E-state index in [2.05, 4.69) is 5.32 Å². The van der Waals surface area contributed by atoms with E-state index >= 15 is 0 Å². The number of methoxy groups -OCH3 is 1. The molecule has 130 valence electrons. The van der Waals surface area contributed by atoms with Crippen molar-refractivity contribution in [2.75, 3.05) is 13.7 Å². The van der Waals surface area contributed by atoms with E-state index in [1.807, 2.05) is 24.3 Å². The molecule has 0 radical (unpaired) electrons. The number of hydrogen-bond donors (Lipinski definition) is 1. The Morgan fingerprint density at radius 3 is 2.58 bits per heavy atom. The molecule has 0 unspecified atom stereocenters. The maximum absolute atomic E-state index is 11.9. The fourth-order valence-corrected chi connectivity index (χ4v) is 4.04. The number of rotatable bonds is 7. The van der Waals surface area contributed by atoms with Gasteiger partial charge in [0.25, 0.3) is 5.91 Å². The van der Waals surface area contributed by atoms with Gasteiger partial charge in [-0.25, -0.2) is 0 Å². The summed E-state index contributed by atoms with van der Waals surface area (Å²) in [7, 11) is 1.61. The summed E-state index contributed by atoms with van der Waals surface area (Å²) in [6.45, 7) is 0.211. The van der Waals surface area contributed by atoms with Crippen LogP contribution in [0.4, 0.5) is 0 Å². The number of hydrogen-bond acceptors (Lipinski definition) is 4. The molecule has 0 aromatic heterocycles. The molecule has 5 nitrogen and oxygen atoms in total. The van der Waals surface area contributed by atoms with Crippen LogP contribution >= 0.6 is 0 Å². The molecule has 1 N–H and O–H groups in total. The van der Waals surface area contributed by atoms with Crippen molar-refractivity contribution in [3.05, 3.63) is 29.8 Å². The first-order valence-electron chi connectivity index (χ1n) is 8.69. The van der Waals surface area contributed by atoms with Crippen LogP contribution in [0.15, 0.2) is 24.3 Å². The van der Waals surface area contributed by atoms with Gasteiger partial charge < -0.3 is 14.8 Å². The highest BCUT2D eigenvalue weighted by atomic mass is 16.5. The quantitative estimate of drug-likeness (QED) is 0.780. The van der Waals surface area contributed by atoms with Gasteiger partial charge in [0.15, 0.2) is 6.61 Å². The van der Waals surface area contributed by atoms with Crippen LogP contribution in [0.25, 0.3) is 0 Å². The number of benzene rings is 1. The first-order chi connectivity index (χ1) is 11.6. The van der Waals surface area contributed by atoms with Gasteiger partial charge in [-0.05, 0) is 54.7 Å². The van der Waals surface area contributed by atoms with E-state index < -0.39 is 0 Å². The normalized spacial score (nSPS) is 24.6. The van der Waals surface area contributed by atoms with Crippen LogP contribution < -0.4 is 10.1 Å². The maximum Gasteiger partial charge on any atom is 0.306 e. The Bertz CT molecular complexity index is 584. The van der Waals surface area contributed by atoms with Gasteiger partial charge in [0.2, 0.25) is 0 Å². The van der Waals surface area contributed by atoms with Gasteiger partial charge in [0, 0.05) is 13.0 Å². The summed E-state index contributed by atoms with van der Waals surface area (Å²) < 4.78 is 10.2. The van der Waals surface area contributed by atoms with Crippen molar-refractivity contribution >= 4 is 11.9 Å². The van der Waals surface area contributed by atoms with E-state index in [4.69, 9.17) is 9.47 Å². The molecule has 3 rings (SSSR count). The molecule has 0 saturated heterocycles. The molecule has 2 saturated carbocycles. The highest BCUT2D eigenvalue weighted by Crippen LogP contribution is 2.49. The third kappa shape index (κ3) is 4.28. The summed E-state index contributed by atoms with van der Waals surface area (Å²) in [5, 5.41) is 2.76. The van der Waals surface area contributed by atoms with Crippen LogP contribution in [0.2, 0.25) is 0 Å². The van der Waals surface area contributed by atoms with Gasteiger partial charge >= 0.3 is 5.97 Å². The Hall–Kier alpha value is -2.04. The molecule has 1 aromatic carbocycles. The second kappa shape index (κ2) is 7.69. The average Bonchev–Trinajstić information content (AvgIpc) is 3.21. The number of ether oxygens (including phenoxy) is 2. The summed E-state index contributed by atoms with van der Waals surface area (Å²) in [5.74, 6) is 2.25. The lowest BCUT2D eigenvalue weighted by Crippen LogP contribution is -2.29. The minimum atomic E-state index is -0.271. The summed E-state index contributed by atoms with van der Waals surface area (Å²) in [6.07, 6.45) is 5.48. The Kier molecular flexibility index (Phi) is 5.38. The topological polar surface area (TPSA) is 64.6 Å². The van der Waals surface area contributed by atoms with E-state index in [9.17, 15) is 9.59 Å². The van der Waals surface area contributed by atoms with Crippen molar-refractivity contribution in [2.45, 2.75) is 38.6 Å². The van der Waals surface area contributed by atoms with E-state index in [-0.39, 0.29) is 18.5 Å². The van der Waals surface area contributed by atoms with E-state index in [1.165, 1.54) is 19.3 Å². The molecule has 24 heavy (non-hydrogen) atoms. The molecule has 2 fully saturated rings. The van der Waals surface area contributed by atoms with Gasteiger partial charge in [0.05, 0.1) is 7.11 Å². The first-order valence-corrected chi connectivity index (χ1v) is 8.69. The number of amides is 1. The second-order valence-corrected chi connectivity index (χ2v) is 6.92. The van der Waals surface area contributed by atoms with Crippen molar-refractivity contribution < 1.29 is 19.1 Å². The number of esters is 1. The zero-order valence-electron chi connectivity index (χ0n) is 14.1. The predicted octanol–water partition coefficient (Wildman–Crippen LogP) is 2.68. The summed E-state index contributed by atoms with van der Waals surface area (Å²) in [5.41, 5.74) is 0.970. The van der Waals surface area contributed by atoms with Crippen molar-refractivity contribution in [1.29, 1.82) is 0 Å². The third-order valence-electron chi connectivity index (χ3n) is 5.33. The zero-order valence-corrected chi connectivity index (χ0v) is 14.1. The van der Waals surface area contributed by atoms with Crippen LogP contribution in [0.3, 0.4) is 0 Å². The molecule has 3 atom stereocenters. The lowest BCUT2D eigenvalue weighted by Gasteiger charge is -2.20. The van der Waals surface area contributed by atoms with Gasteiger partial charge in [-0.1, -0.05) is 18.6 Å². The summed E-state index contributed by atoms with van der Waals surface area (Å²) in [4.78, 5) is 23.7. The zero-order chi connectivity index (χ0) is 16.9. The van der Waals surface area contributed by atoms with Crippen molar-refractivity contribution in [2.24, 2.45) is 17.8 Å². The van der Waals surface area contributed by atoms with E-state index in [0.717, 1.165) is 23.7 Å². The average molecular weight is 331 g/mol. The Morgan fingerprint density at radius 1 is 1.17 bits per heavy atom. The molecule has 1 aromatic rings. The molecule has 0 aliphatic heterocycles. The SMILES string of the molecule is COc1ccc(CNC(=O)COC(=O)C[C@H]2C[C@H]3CC[C@@H]2C3)cc1. The van der Waals surface area contributed by atoms with E-state index in [0.29, 0.717) is 24.8 Å². The summed E-state index contributed by atoms with van der Waals surface area (Å²) in [6, 6.07) is 7.47. The third-order valence-corrected chi connectivity index (χ3v) is 5.33.